The summed E-state index contributed by atoms with van der Waals surface area (Å²) in [6.45, 7) is 4.20. The van der Waals surface area contributed by atoms with E-state index in [-0.39, 0.29) is 28.8 Å². The average Bonchev–Trinajstić information content (AvgIpc) is 3.22. The van der Waals surface area contributed by atoms with E-state index in [2.05, 4.69) is 27.4 Å². The summed E-state index contributed by atoms with van der Waals surface area (Å²) in [5.74, 6) is -0.702. The molecule has 0 bridgehead atoms. The first-order valence-electron chi connectivity index (χ1n) is 9.01. The Morgan fingerprint density at radius 1 is 1.03 bits per heavy atom. The van der Waals surface area contributed by atoms with E-state index in [0.717, 1.165) is 0 Å². The molecule has 2 N–H and O–H groups in total. The molecule has 0 aliphatic heterocycles. The van der Waals surface area contributed by atoms with Crippen LogP contribution in [0.4, 0.5) is 10.8 Å². The lowest BCUT2D eigenvalue weighted by atomic mass is 9.83. The van der Waals surface area contributed by atoms with Crippen LogP contribution in [0.15, 0.2) is 59.5 Å². The summed E-state index contributed by atoms with van der Waals surface area (Å²) >= 11 is 2.58. The molecule has 30 heavy (non-hydrogen) atoms. The van der Waals surface area contributed by atoms with E-state index in [1.807, 2.05) is 0 Å². The van der Waals surface area contributed by atoms with Crippen molar-refractivity contribution < 1.29 is 14.4 Å². The molecule has 4 rings (SSSR count). The summed E-state index contributed by atoms with van der Waals surface area (Å²) in [6, 6.07) is 11.6. The molecule has 9 heteroatoms. The molecule has 7 nitrogen and oxygen atoms in total. The predicted molar refractivity (Wildman–Crippen MR) is 118 cm³/mol. The van der Waals surface area contributed by atoms with Gasteiger partial charge in [0.1, 0.15) is 0 Å². The zero-order valence-corrected chi connectivity index (χ0v) is 17.3. The lowest BCUT2D eigenvalue weighted by molar-refractivity contribution is -0.113. The number of thioether (sulfide) groups is 1. The maximum absolute atomic E-state index is 13.0. The van der Waals surface area contributed by atoms with Crippen LogP contribution in [0.5, 0.6) is 0 Å². The first-order chi connectivity index (χ1) is 14.6. The molecule has 2 aromatic carbocycles. The molecule has 0 radical (unpaired) electrons. The Kier molecular flexibility index (Phi) is 5.73. The van der Waals surface area contributed by atoms with Crippen molar-refractivity contribution in [2.24, 2.45) is 0 Å². The number of carbonyl (C=O) groups is 3. The number of hydrogen-bond donors (Lipinski definition) is 2. The van der Waals surface area contributed by atoms with Gasteiger partial charge in [-0.2, -0.15) is 0 Å². The zero-order chi connectivity index (χ0) is 21.1. The minimum atomic E-state index is -0.302. The van der Waals surface area contributed by atoms with Gasteiger partial charge in [-0.15, -0.1) is 16.8 Å². The summed E-state index contributed by atoms with van der Waals surface area (Å²) in [6.07, 6.45) is 1.71. The second-order valence-electron chi connectivity index (χ2n) is 6.31. The normalized spacial score (nSPS) is 12.1. The number of aromatic nitrogens is 2. The minimum absolute atomic E-state index is 0.0957. The van der Waals surface area contributed by atoms with Crippen molar-refractivity contribution in [2.45, 2.75) is 4.34 Å². The molecule has 150 valence electrons. The second kappa shape index (κ2) is 8.60. The Morgan fingerprint density at radius 2 is 1.77 bits per heavy atom. The Hall–Kier alpha value is -3.30. The van der Waals surface area contributed by atoms with E-state index in [4.69, 9.17) is 0 Å². The fourth-order valence-corrected chi connectivity index (χ4v) is 4.62. The molecule has 1 aliphatic rings. The summed E-state index contributed by atoms with van der Waals surface area (Å²) in [5.41, 5.74) is 1.58. The standard InChI is InChI=1S/C21H16N4O3S2/c1-2-10-22-20-24-25-21(30-20)29-11-16(26)23-15-9-5-8-14-17(15)19(28)13-7-4-3-6-12(13)18(14)27/h2-9H,1,10-11H2,(H,22,24)(H,23,26). The number of ketones is 2. The number of amides is 1. The van der Waals surface area contributed by atoms with Gasteiger partial charge in [0, 0.05) is 23.2 Å². The van der Waals surface area contributed by atoms with Crippen molar-refractivity contribution in [1.29, 1.82) is 0 Å². The van der Waals surface area contributed by atoms with Crippen LogP contribution in [0.3, 0.4) is 0 Å². The highest BCUT2D eigenvalue weighted by Crippen LogP contribution is 2.32. The molecule has 1 heterocycles. The van der Waals surface area contributed by atoms with Crippen molar-refractivity contribution in [3.63, 3.8) is 0 Å². The lowest BCUT2D eigenvalue weighted by Crippen LogP contribution is -2.24. The molecule has 0 atom stereocenters. The van der Waals surface area contributed by atoms with Gasteiger partial charge in [-0.05, 0) is 6.07 Å². The molecular weight excluding hydrogens is 420 g/mol. The van der Waals surface area contributed by atoms with E-state index in [0.29, 0.717) is 38.4 Å². The van der Waals surface area contributed by atoms with Gasteiger partial charge in [-0.3, -0.25) is 14.4 Å². The molecule has 1 aromatic heterocycles. The van der Waals surface area contributed by atoms with Gasteiger partial charge in [0.05, 0.1) is 17.0 Å². The molecule has 0 spiro atoms. The molecule has 0 saturated heterocycles. The number of benzene rings is 2. The Bertz CT molecular complexity index is 1170. The molecule has 0 unspecified atom stereocenters. The third-order valence-electron chi connectivity index (χ3n) is 4.36. The number of carbonyl (C=O) groups excluding carboxylic acids is 3. The van der Waals surface area contributed by atoms with Crippen LogP contribution in [0.2, 0.25) is 0 Å². The Morgan fingerprint density at radius 3 is 2.53 bits per heavy atom. The van der Waals surface area contributed by atoms with Gasteiger partial charge >= 0.3 is 0 Å². The van der Waals surface area contributed by atoms with Crippen LogP contribution < -0.4 is 10.6 Å². The highest BCUT2D eigenvalue weighted by Gasteiger charge is 2.31. The van der Waals surface area contributed by atoms with Crippen LogP contribution >= 0.6 is 23.1 Å². The van der Waals surface area contributed by atoms with Crippen molar-refractivity contribution in [3.05, 3.63) is 77.4 Å². The third kappa shape index (κ3) is 3.89. The van der Waals surface area contributed by atoms with E-state index >= 15 is 0 Å². The number of nitrogens with zero attached hydrogens (tertiary/aromatic N) is 2. The molecule has 3 aromatic rings. The quantitative estimate of drug-likeness (QED) is 0.337. The van der Waals surface area contributed by atoms with Gasteiger partial charge in [0.2, 0.25) is 11.0 Å². The van der Waals surface area contributed by atoms with Crippen molar-refractivity contribution >= 4 is 51.4 Å². The van der Waals surface area contributed by atoms with Gasteiger partial charge in [-0.25, -0.2) is 0 Å². The summed E-state index contributed by atoms with van der Waals surface area (Å²) in [5, 5.41) is 14.5. The van der Waals surface area contributed by atoms with Gasteiger partial charge in [-0.1, -0.05) is 65.6 Å². The van der Waals surface area contributed by atoms with Crippen LogP contribution in [-0.4, -0.2) is 40.0 Å². The van der Waals surface area contributed by atoms with Gasteiger partial charge < -0.3 is 10.6 Å². The third-order valence-corrected chi connectivity index (χ3v) is 6.37. The van der Waals surface area contributed by atoms with Crippen molar-refractivity contribution in [2.75, 3.05) is 22.9 Å². The smallest absolute Gasteiger partial charge is 0.234 e. The fraction of sp³-hybridized carbons (Fsp3) is 0.0952. The minimum Gasteiger partial charge on any atom is -0.357 e. The molecular formula is C21H16N4O3S2. The number of anilines is 2. The molecule has 1 amide bonds. The Labute approximate surface area is 180 Å². The van der Waals surface area contributed by atoms with E-state index in [9.17, 15) is 14.4 Å². The van der Waals surface area contributed by atoms with E-state index < -0.39 is 0 Å². The van der Waals surface area contributed by atoms with Crippen LogP contribution in [0.25, 0.3) is 0 Å². The topological polar surface area (TPSA) is 101 Å². The lowest BCUT2D eigenvalue weighted by Gasteiger charge is -2.20. The highest BCUT2D eigenvalue weighted by molar-refractivity contribution is 8.01. The summed E-state index contributed by atoms with van der Waals surface area (Å²) in [4.78, 5) is 38.3. The van der Waals surface area contributed by atoms with E-state index in [1.54, 1.807) is 48.5 Å². The fourth-order valence-electron chi connectivity index (χ4n) is 3.06. The maximum Gasteiger partial charge on any atom is 0.234 e. The zero-order valence-electron chi connectivity index (χ0n) is 15.7. The first-order valence-corrected chi connectivity index (χ1v) is 10.8. The summed E-state index contributed by atoms with van der Waals surface area (Å²) < 4.78 is 0.645. The SMILES string of the molecule is C=CCNc1nnc(SCC(=O)Nc2cccc3c2C(=O)c2ccccc2C3=O)s1. The molecule has 0 fully saturated rings. The number of rotatable bonds is 7. The Balaban J connectivity index is 1.49. The van der Waals surface area contributed by atoms with Crippen LogP contribution in [-0.2, 0) is 4.79 Å². The number of nitrogens with one attached hydrogen (secondary N) is 2. The number of hydrogen-bond acceptors (Lipinski definition) is 8. The van der Waals surface area contributed by atoms with Crippen LogP contribution in [0, 0.1) is 0 Å². The maximum atomic E-state index is 13.0. The van der Waals surface area contributed by atoms with Gasteiger partial charge in [0.25, 0.3) is 0 Å². The number of fused-ring (bicyclic) bond motifs is 2. The molecule has 1 aliphatic carbocycles. The summed E-state index contributed by atoms with van der Waals surface area (Å²) in [7, 11) is 0. The first kappa shape index (κ1) is 20.0. The second-order valence-corrected chi connectivity index (χ2v) is 8.51. The average molecular weight is 437 g/mol. The molecule has 0 saturated carbocycles. The largest absolute Gasteiger partial charge is 0.357 e. The van der Waals surface area contributed by atoms with Crippen molar-refractivity contribution in [1.82, 2.24) is 10.2 Å². The van der Waals surface area contributed by atoms with Crippen molar-refractivity contribution in [3.8, 4) is 0 Å². The van der Waals surface area contributed by atoms with Gasteiger partial charge in [0.15, 0.2) is 15.9 Å². The van der Waals surface area contributed by atoms with E-state index in [1.165, 1.54) is 23.1 Å². The highest BCUT2D eigenvalue weighted by atomic mass is 32.2. The predicted octanol–water partition coefficient (Wildman–Crippen LogP) is 3.64. The monoisotopic (exact) mass is 436 g/mol. The van der Waals surface area contributed by atoms with Crippen LogP contribution in [0.1, 0.15) is 31.8 Å².